The number of rotatable bonds is 10. The zero-order chi connectivity index (χ0) is 24.8. The number of hydrogen-bond acceptors (Lipinski definition) is 6. The van der Waals surface area contributed by atoms with Crippen LogP contribution in [0, 0.1) is 0 Å². The van der Waals surface area contributed by atoms with Crippen molar-refractivity contribution in [3.63, 3.8) is 0 Å². The maximum absolute atomic E-state index is 13.2. The number of amides is 1. The minimum absolute atomic E-state index is 0.0230. The number of hydrogen-bond donors (Lipinski definition) is 1. The number of carbonyl (C=O) groups excluding carboxylic acids is 2. The molecule has 1 aliphatic rings. The minimum Gasteiger partial charge on any atom is -0.507 e. The number of ketones is 1. The van der Waals surface area contributed by atoms with Crippen LogP contribution in [0.2, 0.25) is 0 Å². The molecule has 0 spiro atoms. The lowest BCUT2D eigenvalue weighted by molar-refractivity contribution is -0.140. The smallest absolute Gasteiger partial charge is 0.296 e. The molecule has 0 saturated carbocycles. The summed E-state index contributed by atoms with van der Waals surface area (Å²) in [5.74, 6) is -0.0352. The van der Waals surface area contributed by atoms with Gasteiger partial charge in [-0.05, 0) is 43.2 Å². The molecule has 0 bridgehead atoms. The third kappa shape index (κ3) is 5.09. The summed E-state index contributed by atoms with van der Waals surface area (Å²) < 4.78 is 17.2. The number of ether oxygens (including phenoxy) is 2. The molecule has 2 heterocycles. The van der Waals surface area contributed by atoms with E-state index >= 15 is 0 Å². The summed E-state index contributed by atoms with van der Waals surface area (Å²) in [6.07, 6.45) is 3.43. The first-order chi connectivity index (χ1) is 17.0. The summed E-state index contributed by atoms with van der Waals surface area (Å²) in [5, 5.41) is 11.2. The molecule has 1 unspecified atom stereocenters. The molecule has 2 aromatic carbocycles. The van der Waals surface area contributed by atoms with Crippen LogP contribution in [-0.2, 0) is 16.1 Å². The summed E-state index contributed by atoms with van der Waals surface area (Å²) in [5.41, 5.74) is 1.10. The van der Waals surface area contributed by atoms with Crippen LogP contribution >= 0.6 is 0 Å². The van der Waals surface area contributed by atoms with Crippen molar-refractivity contribution < 1.29 is 28.6 Å². The van der Waals surface area contributed by atoms with E-state index in [4.69, 9.17) is 13.9 Å². The third-order valence-electron chi connectivity index (χ3n) is 5.83. The molecule has 1 aliphatic heterocycles. The normalized spacial score (nSPS) is 17.1. The van der Waals surface area contributed by atoms with Crippen molar-refractivity contribution in [2.45, 2.75) is 39.3 Å². The highest BCUT2D eigenvalue weighted by Gasteiger charge is 2.46. The van der Waals surface area contributed by atoms with Crippen molar-refractivity contribution in [2.24, 2.45) is 0 Å². The minimum atomic E-state index is -0.829. The Labute approximate surface area is 204 Å². The zero-order valence-electron chi connectivity index (χ0n) is 19.9. The van der Waals surface area contributed by atoms with Crippen LogP contribution in [0.4, 0.5) is 0 Å². The topological polar surface area (TPSA) is 89.2 Å². The second kappa shape index (κ2) is 11.0. The van der Waals surface area contributed by atoms with E-state index in [-0.39, 0.29) is 17.9 Å². The van der Waals surface area contributed by atoms with Crippen LogP contribution in [0.15, 0.2) is 76.9 Å². The fourth-order valence-electron chi connectivity index (χ4n) is 4.12. The van der Waals surface area contributed by atoms with Gasteiger partial charge in [-0.15, -0.1) is 0 Å². The van der Waals surface area contributed by atoms with E-state index < -0.39 is 17.7 Å². The predicted molar refractivity (Wildman–Crippen MR) is 131 cm³/mol. The standard InChI is InChI=1S/C28H29NO6/c1-3-5-15-35-22-14-13-20(17-23(22)33-4-2)25-24(26(30)19-10-7-6-8-11-19)27(31)28(32)29(25)18-21-12-9-16-34-21/h6-14,16-17,25,30H,3-5,15,18H2,1-2H3. The number of aliphatic hydroxyl groups excluding tert-OH is 1. The Morgan fingerprint density at radius 3 is 2.49 bits per heavy atom. The lowest BCUT2D eigenvalue weighted by Gasteiger charge is -2.25. The number of nitrogens with zero attached hydrogens (tertiary/aromatic N) is 1. The van der Waals surface area contributed by atoms with E-state index in [1.165, 1.54) is 11.2 Å². The lowest BCUT2D eigenvalue weighted by atomic mass is 9.95. The Morgan fingerprint density at radius 1 is 1.00 bits per heavy atom. The molecule has 7 nitrogen and oxygen atoms in total. The van der Waals surface area contributed by atoms with Crippen LogP contribution in [0.25, 0.3) is 5.76 Å². The monoisotopic (exact) mass is 475 g/mol. The van der Waals surface area contributed by atoms with Crippen molar-refractivity contribution in [1.82, 2.24) is 4.90 Å². The second-order valence-electron chi connectivity index (χ2n) is 8.21. The molecular formula is C28H29NO6. The van der Waals surface area contributed by atoms with Gasteiger partial charge in [0, 0.05) is 5.56 Å². The Hall–Kier alpha value is -4.00. The molecule has 1 atom stereocenters. The van der Waals surface area contributed by atoms with Crippen molar-refractivity contribution >= 4 is 17.4 Å². The van der Waals surface area contributed by atoms with E-state index in [2.05, 4.69) is 6.92 Å². The molecule has 1 amide bonds. The first-order valence-electron chi connectivity index (χ1n) is 11.8. The molecule has 182 valence electrons. The maximum atomic E-state index is 13.2. The SMILES string of the molecule is CCCCOc1ccc(C2C(=C(O)c3ccccc3)C(=O)C(=O)N2Cc2ccco2)cc1OCC. The van der Waals surface area contributed by atoms with Crippen LogP contribution in [0.3, 0.4) is 0 Å². The van der Waals surface area contributed by atoms with Gasteiger partial charge < -0.3 is 23.9 Å². The summed E-state index contributed by atoms with van der Waals surface area (Å²) in [6, 6.07) is 16.7. The van der Waals surface area contributed by atoms with E-state index in [1.54, 1.807) is 54.6 Å². The number of likely N-dealkylation sites (tertiary alicyclic amines) is 1. The van der Waals surface area contributed by atoms with Gasteiger partial charge >= 0.3 is 0 Å². The van der Waals surface area contributed by atoms with E-state index in [0.717, 1.165) is 12.8 Å². The molecule has 0 radical (unpaired) electrons. The average molecular weight is 476 g/mol. The van der Waals surface area contributed by atoms with Crippen LogP contribution < -0.4 is 9.47 Å². The molecule has 7 heteroatoms. The highest BCUT2D eigenvalue weighted by atomic mass is 16.5. The summed E-state index contributed by atoms with van der Waals surface area (Å²) in [4.78, 5) is 27.8. The molecule has 3 aromatic rings. The zero-order valence-corrected chi connectivity index (χ0v) is 19.9. The van der Waals surface area contributed by atoms with Crippen molar-refractivity contribution in [3.8, 4) is 11.5 Å². The van der Waals surface area contributed by atoms with Crippen LogP contribution in [0.5, 0.6) is 11.5 Å². The third-order valence-corrected chi connectivity index (χ3v) is 5.83. The van der Waals surface area contributed by atoms with Gasteiger partial charge in [0.2, 0.25) is 0 Å². The van der Waals surface area contributed by atoms with Crippen LogP contribution in [0.1, 0.15) is 49.6 Å². The molecule has 0 aliphatic carbocycles. The van der Waals surface area contributed by atoms with Gasteiger partial charge in [-0.2, -0.15) is 0 Å². The maximum Gasteiger partial charge on any atom is 0.296 e. The number of aliphatic hydroxyl groups is 1. The lowest BCUT2D eigenvalue weighted by Crippen LogP contribution is -2.29. The number of unbranched alkanes of at least 4 members (excludes halogenated alkanes) is 1. The number of carbonyl (C=O) groups is 2. The van der Waals surface area contributed by atoms with Crippen LogP contribution in [-0.4, -0.2) is 34.9 Å². The summed E-state index contributed by atoms with van der Waals surface area (Å²) in [7, 11) is 0. The van der Waals surface area contributed by atoms with Crippen molar-refractivity contribution in [3.05, 3.63) is 89.4 Å². The van der Waals surface area contributed by atoms with Gasteiger partial charge in [0.05, 0.1) is 37.6 Å². The molecule has 1 aromatic heterocycles. The Kier molecular flexibility index (Phi) is 7.55. The first kappa shape index (κ1) is 24.1. The summed E-state index contributed by atoms with van der Waals surface area (Å²) >= 11 is 0. The second-order valence-corrected chi connectivity index (χ2v) is 8.21. The Morgan fingerprint density at radius 2 is 1.80 bits per heavy atom. The van der Waals surface area contributed by atoms with Crippen molar-refractivity contribution in [2.75, 3.05) is 13.2 Å². The molecule has 4 rings (SSSR count). The van der Waals surface area contributed by atoms with Crippen molar-refractivity contribution in [1.29, 1.82) is 0 Å². The summed E-state index contributed by atoms with van der Waals surface area (Å²) in [6.45, 7) is 5.02. The highest BCUT2D eigenvalue weighted by molar-refractivity contribution is 6.46. The van der Waals surface area contributed by atoms with E-state index in [9.17, 15) is 14.7 Å². The fraction of sp³-hybridized carbons (Fsp3) is 0.286. The van der Waals surface area contributed by atoms with E-state index in [1.807, 2.05) is 13.0 Å². The number of benzene rings is 2. The van der Waals surface area contributed by atoms with Gasteiger partial charge in [-0.1, -0.05) is 49.7 Å². The van der Waals surface area contributed by atoms with Gasteiger partial charge in [0.1, 0.15) is 11.5 Å². The molecule has 1 saturated heterocycles. The number of furan rings is 1. The average Bonchev–Trinajstić information content (AvgIpc) is 3.48. The molecule has 1 fully saturated rings. The largest absolute Gasteiger partial charge is 0.507 e. The fourth-order valence-corrected chi connectivity index (χ4v) is 4.12. The Bertz CT molecular complexity index is 1200. The Balaban J connectivity index is 1.82. The molecule has 35 heavy (non-hydrogen) atoms. The van der Waals surface area contributed by atoms with E-state index in [0.29, 0.717) is 41.6 Å². The van der Waals surface area contributed by atoms with Gasteiger partial charge in [0.25, 0.3) is 11.7 Å². The van der Waals surface area contributed by atoms with Gasteiger partial charge in [-0.25, -0.2) is 0 Å². The predicted octanol–water partition coefficient (Wildman–Crippen LogP) is 5.48. The van der Waals surface area contributed by atoms with Gasteiger partial charge in [-0.3, -0.25) is 9.59 Å². The highest BCUT2D eigenvalue weighted by Crippen LogP contribution is 2.42. The first-order valence-corrected chi connectivity index (χ1v) is 11.8. The quantitative estimate of drug-likeness (QED) is 0.181. The molecule has 1 N–H and O–H groups in total. The molecular weight excluding hydrogens is 446 g/mol. The van der Waals surface area contributed by atoms with Gasteiger partial charge in [0.15, 0.2) is 11.5 Å². The number of Topliss-reactive ketones (excluding diaryl/α,β-unsaturated/α-hetero) is 1.